The van der Waals surface area contributed by atoms with Gasteiger partial charge < -0.3 is 5.32 Å². The fourth-order valence-corrected chi connectivity index (χ4v) is 4.63. The molecule has 7 heteroatoms. The zero-order chi connectivity index (χ0) is 18.6. The van der Waals surface area contributed by atoms with E-state index in [1.165, 1.54) is 35.0 Å². The molecule has 2 aromatic rings. The van der Waals surface area contributed by atoms with Crippen LogP contribution in [-0.2, 0) is 10.0 Å². The molecule has 1 aromatic heterocycles. The van der Waals surface area contributed by atoms with Gasteiger partial charge in [0.15, 0.2) is 0 Å². The summed E-state index contributed by atoms with van der Waals surface area (Å²) in [6.45, 7) is 0. The first kappa shape index (κ1) is 18.5. The van der Waals surface area contributed by atoms with Crippen molar-refractivity contribution >= 4 is 21.7 Å². The van der Waals surface area contributed by atoms with Gasteiger partial charge in [-0.1, -0.05) is 25.3 Å². The van der Waals surface area contributed by atoms with Gasteiger partial charge in [-0.3, -0.25) is 4.79 Å². The molecule has 6 nitrogen and oxygen atoms in total. The molecule has 1 N–H and O–H groups in total. The first-order chi connectivity index (χ1) is 12.5. The van der Waals surface area contributed by atoms with E-state index in [1.54, 1.807) is 31.4 Å². The summed E-state index contributed by atoms with van der Waals surface area (Å²) >= 11 is 0. The van der Waals surface area contributed by atoms with E-state index in [9.17, 15) is 13.2 Å². The van der Waals surface area contributed by atoms with Crippen LogP contribution >= 0.6 is 0 Å². The van der Waals surface area contributed by atoms with Gasteiger partial charge in [0.25, 0.3) is 5.91 Å². The molecule has 26 heavy (non-hydrogen) atoms. The number of hydrogen-bond acceptors (Lipinski definition) is 4. The van der Waals surface area contributed by atoms with Crippen molar-refractivity contribution in [2.75, 3.05) is 12.4 Å². The molecule has 1 saturated carbocycles. The van der Waals surface area contributed by atoms with Crippen LogP contribution in [0.25, 0.3) is 0 Å². The summed E-state index contributed by atoms with van der Waals surface area (Å²) in [6.07, 6.45) is 6.70. The minimum absolute atomic E-state index is 0.0564. The Balaban J connectivity index is 1.72. The molecule has 0 saturated heterocycles. The minimum Gasteiger partial charge on any atom is -0.307 e. The van der Waals surface area contributed by atoms with Crippen LogP contribution in [0.5, 0.6) is 0 Å². The number of sulfonamides is 1. The highest BCUT2D eigenvalue weighted by molar-refractivity contribution is 7.89. The predicted molar refractivity (Wildman–Crippen MR) is 100 cm³/mol. The fraction of sp³-hybridized carbons (Fsp3) is 0.368. The number of benzene rings is 1. The molecule has 3 rings (SSSR count). The number of anilines is 1. The van der Waals surface area contributed by atoms with Gasteiger partial charge >= 0.3 is 0 Å². The molecule has 1 aliphatic rings. The molecule has 1 fully saturated rings. The Labute approximate surface area is 154 Å². The van der Waals surface area contributed by atoms with Gasteiger partial charge in [-0.05, 0) is 49.2 Å². The third-order valence-electron chi connectivity index (χ3n) is 4.79. The molecule has 1 heterocycles. The zero-order valence-electron chi connectivity index (χ0n) is 14.8. The lowest BCUT2D eigenvalue weighted by Gasteiger charge is -2.30. The Morgan fingerprint density at radius 3 is 2.38 bits per heavy atom. The molecular weight excluding hydrogens is 350 g/mol. The highest BCUT2D eigenvalue weighted by atomic mass is 32.2. The normalized spacial score (nSPS) is 15.8. The van der Waals surface area contributed by atoms with Crippen LogP contribution < -0.4 is 5.32 Å². The summed E-state index contributed by atoms with van der Waals surface area (Å²) < 4.78 is 27.1. The number of nitrogens with zero attached hydrogens (tertiary/aromatic N) is 2. The number of amides is 1. The molecule has 138 valence electrons. The molecular formula is C19H23N3O3S. The van der Waals surface area contributed by atoms with Crippen LogP contribution in [0.4, 0.5) is 5.82 Å². The Morgan fingerprint density at radius 1 is 1.08 bits per heavy atom. The summed E-state index contributed by atoms with van der Waals surface area (Å²) in [5.74, 6) is 0.125. The van der Waals surface area contributed by atoms with Crippen LogP contribution in [0.15, 0.2) is 53.6 Å². The van der Waals surface area contributed by atoms with E-state index in [2.05, 4.69) is 10.3 Å². The van der Waals surface area contributed by atoms with Gasteiger partial charge in [-0.2, -0.15) is 4.31 Å². The van der Waals surface area contributed by atoms with E-state index in [0.29, 0.717) is 11.4 Å². The first-order valence-electron chi connectivity index (χ1n) is 8.79. The van der Waals surface area contributed by atoms with Gasteiger partial charge in [0.05, 0.1) is 4.90 Å². The van der Waals surface area contributed by atoms with Crippen molar-refractivity contribution in [1.29, 1.82) is 0 Å². The van der Waals surface area contributed by atoms with E-state index in [1.807, 2.05) is 0 Å². The molecule has 1 aromatic carbocycles. The third kappa shape index (κ3) is 4.11. The number of aromatic nitrogens is 1. The number of carbonyl (C=O) groups excluding carboxylic acids is 1. The monoisotopic (exact) mass is 373 g/mol. The van der Waals surface area contributed by atoms with Crippen LogP contribution in [0, 0.1) is 0 Å². The number of hydrogen-bond donors (Lipinski definition) is 1. The van der Waals surface area contributed by atoms with E-state index >= 15 is 0 Å². The molecule has 0 atom stereocenters. The molecule has 1 aliphatic carbocycles. The lowest BCUT2D eigenvalue weighted by molar-refractivity contribution is 0.102. The summed E-state index contributed by atoms with van der Waals surface area (Å²) in [6, 6.07) is 11.3. The van der Waals surface area contributed by atoms with Crippen molar-refractivity contribution in [2.24, 2.45) is 0 Å². The number of pyridine rings is 1. The number of nitrogens with one attached hydrogen (secondary N) is 1. The van der Waals surface area contributed by atoms with Crippen molar-refractivity contribution in [3.05, 3.63) is 54.2 Å². The summed E-state index contributed by atoms with van der Waals surface area (Å²) in [5.41, 5.74) is 0.384. The summed E-state index contributed by atoms with van der Waals surface area (Å²) in [5, 5.41) is 2.68. The van der Waals surface area contributed by atoms with Crippen molar-refractivity contribution in [3.8, 4) is 0 Å². The Hall–Kier alpha value is -2.25. The third-order valence-corrected chi connectivity index (χ3v) is 6.71. The highest BCUT2D eigenvalue weighted by Crippen LogP contribution is 2.26. The average molecular weight is 373 g/mol. The Morgan fingerprint density at radius 2 is 1.77 bits per heavy atom. The van der Waals surface area contributed by atoms with E-state index in [4.69, 9.17) is 0 Å². The van der Waals surface area contributed by atoms with E-state index in [-0.39, 0.29) is 16.8 Å². The van der Waals surface area contributed by atoms with Crippen molar-refractivity contribution in [3.63, 3.8) is 0 Å². The minimum atomic E-state index is -3.55. The van der Waals surface area contributed by atoms with Crippen molar-refractivity contribution in [1.82, 2.24) is 9.29 Å². The lowest BCUT2D eigenvalue weighted by atomic mass is 9.96. The first-order valence-corrected chi connectivity index (χ1v) is 10.2. The Bertz CT molecular complexity index is 845. The van der Waals surface area contributed by atoms with Gasteiger partial charge in [-0.15, -0.1) is 0 Å². The van der Waals surface area contributed by atoms with Crippen molar-refractivity contribution < 1.29 is 13.2 Å². The molecule has 0 spiro atoms. The van der Waals surface area contributed by atoms with Gasteiger partial charge in [0.2, 0.25) is 10.0 Å². The molecule has 0 radical (unpaired) electrons. The van der Waals surface area contributed by atoms with Crippen LogP contribution in [0.3, 0.4) is 0 Å². The number of rotatable bonds is 5. The van der Waals surface area contributed by atoms with Crippen molar-refractivity contribution in [2.45, 2.75) is 43.0 Å². The predicted octanol–water partition coefficient (Wildman–Crippen LogP) is 3.29. The zero-order valence-corrected chi connectivity index (χ0v) is 15.6. The highest BCUT2D eigenvalue weighted by Gasteiger charge is 2.29. The van der Waals surface area contributed by atoms with E-state index < -0.39 is 10.0 Å². The molecule has 0 bridgehead atoms. The standard InChI is InChI=1S/C19H23N3O3S/c1-22(16-7-3-2-4-8-16)26(24,25)17-12-10-15(11-13-17)19(23)21-18-9-5-6-14-20-18/h5-6,9-14,16H,2-4,7-8H2,1H3,(H,20,21,23). The van der Waals surface area contributed by atoms with Gasteiger partial charge in [0, 0.05) is 24.8 Å². The lowest BCUT2D eigenvalue weighted by Crippen LogP contribution is -2.38. The maximum atomic E-state index is 12.8. The van der Waals surface area contributed by atoms with Crippen LogP contribution in [0.2, 0.25) is 0 Å². The van der Waals surface area contributed by atoms with Crippen LogP contribution in [-0.4, -0.2) is 36.7 Å². The smallest absolute Gasteiger partial charge is 0.256 e. The van der Waals surface area contributed by atoms with Crippen LogP contribution in [0.1, 0.15) is 42.5 Å². The maximum Gasteiger partial charge on any atom is 0.256 e. The summed E-state index contributed by atoms with van der Waals surface area (Å²) in [4.78, 5) is 16.5. The topological polar surface area (TPSA) is 79.4 Å². The van der Waals surface area contributed by atoms with Gasteiger partial charge in [0.1, 0.15) is 5.82 Å². The maximum absolute atomic E-state index is 12.8. The molecule has 0 aliphatic heterocycles. The fourth-order valence-electron chi connectivity index (χ4n) is 3.21. The molecule has 0 unspecified atom stereocenters. The largest absolute Gasteiger partial charge is 0.307 e. The SMILES string of the molecule is CN(C1CCCCC1)S(=O)(=O)c1ccc(C(=O)Nc2ccccn2)cc1. The average Bonchev–Trinajstić information content (AvgIpc) is 2.69. The second kappa shape index (κ2) is 7.97. The van der Waals surface area contributed by atoms with E-state index in [0.717, 1.165) is 25.7 Å². The van der Waals surface area contributed by atoms with Gasteiger partial charge in [-0.25, -0.2) is 13.4 Å². The second-order valence-corrected chi connectivity index (χ2v) is 8.50. The molecule has 1 amide bonds. The quantitative estimate of drug-likeness (QED) is 0.872. The number of carbonyl (C=O) groups is 1. The summed E-state index contributed by atoms with van der Waals surface area (Å²) in [7, 11) is -1.90. The second-order valence-electron chi connectivity index (χ2n) is 6.51. The Kier molecular flexibility index (Phi) is 5.68.